The normalized spacial score (nSPS) is 21.5. The summed E-state index contributed by atoms with van der Waals surface area (Å²) in [5.74, 6) is 0.479. The summed E-state index contributed by atoms with van der Waals surface area (Å²) in [5.41, 5.74) is 9.98. The van der Waals surface area contributed by atoms with Crippen molar-refractivity contribution < 1.29 is 4.74 Å². The highest BCUT2D eigenvalue weighted by atomic mass is 16.5. The summed E-state index contributed by atoms with van der Waals surface area (Å²) in [7, 11) is 0. The van der Waals surface area contributed by atoms with Gasteiger partial charge in [-0.3, -0.25) is 0 Å². The molecule has 1 aromatic rings. The average molecular weight is 285 g/mol. The predicted octanol–water partition coefficient (Wildman–Crippen LogP) is 2.98. The van der Waals surface area contributed by atoms with Gasteiger partial charge >= 0.3 is 0 Å². The number of guanidine groups is 1. The number of fused-ring (bicyclic) bond motifs is 1. The summed E-state index contributed by atoms with van der Waals surface area (Å²) in [6.45, 7) is 0.609. The number of nitrogens with two attached hydrogens (primary N) is 1. The largest absolute Gasteiger partial charge is 0.496 e. The molecule has 3 rings (SSSR count). The van der Waals surface area contributed by atoms with E-state index < -0.39 is 0 Å². The third kappa shape index (κ3) is 3.57. The minimum atomic E-state index is 0.153. The van der Waals surface area contributed by atoms with Crippen LogP contribution in [0.3, 0.4) is 0 Å². The number of aliphatic imine (C=N–C) groups is 1. The number of benzene rings is 1. The lowest BCUT2D eigenvalue weighted by Crippen LogP contribution is -2.26. The Morgan fingerprint density at radius 3 is 3.10 bits per heavy atom. The number of rotatable bonds is 3. The molecule has 0 aromatic heterocycles. The van der Waals surface area contributed by atoms with E-state index in [1.807, 2.05) is 6.08 Å². The van der Waals surface area contributed by atoms with Gasteiger partial charge in [0.05, 0.1) is 12.8 Å². The quantitative estimate of drug-likeness (QED) is 0.663. The van der Waals surface area contributed by atoms with Crippen LogP contribution in [0.5, 0.6) is 0 Å². The van der Waals surface area contributed by atoms with Crippen LogP contribution in [0.2, 0.25) is 0 Å². The second-order valence-corrected chi connectivity index (χ2v) is 5.71. The van der Waals surface area contributed by atoms with Crippen molar-refractivity contribution in [2.45, 2.75) is 44.6 Å². The number of anilines is 1. The van der Waals surface area contributed by atoms with Crippen LogP contribution in [0, 0.1) is 0 Å². The fraction of sp³-hybridized carbons (Fsp3) is 0.471. The monoisotopic (exact) mass is 285 g/mol. The molecular weight excluding hydrogens is 262 g/mol. The highest BCUT2D eigenvalue weighted by Gasteiger charge is 2.14. The molecule has 0 fully saturated rings. The Morgan fingerprint density at radius 1 is 1.33 bits per heavy atom. The zero-order valence-corrected chi connectivity index (χ0v) is 12.3. The lowest BCUT2D eigenvalue weighted by molar-refractivity contribution is 0.131. The van der Waals surface area contributed by atoms with Gasteiger partial charge in [-0.15, -0.1) is 0 Å². The van der Waals surface area contributed by atoms with Crippen LogP contribution in [0.15, 0.2) is 35.5 Å². The molecule has 1 atom stereocenters. The lowest BCUT2D eigenvalue weighted by Gasteiger charge is -2.20. The summed E-state index contributed by atoms with van der Waals surface area (Å²) >= 11 is 0. The molecule has 2 aliphatic rings. The number of allylic oxidation sites excluding steroid dienone is 1. The predicted molar refractivity (Wildman–Crippen MR) is 86.4 cm³/mol. The molecule has 0 radical (unpaired) electrons. The van der Waals surface area contributed by atoms with E-state index in [-0.39, 0.29) is 6.10 Å². The van der Waals surface area contributed by atoms with E-state index in [0.717, 1.165) is 24.9 Å². The van der Waals surface area contributed by atoms with Gasteiger partial charge in [0.1, 0.15) is 6.10 Å². The van der Waals surface area contributed by atoms with Crippen molar-refractivity contribution in [2.75, 3.05) is 11.9 Å². The van der Waals surface area contributed by atoms with E-state index in [4.69, 9.17) is 10.5 Å². The molecule has 1 unspecified atom stereocenters. The van der Waals surface area contributed by atoms with Crippen LogP contribution in [0.4, 0.5) is 5.69 Å². The first kappa shape index (κ1) is 14.0. The highest BCUT2D eigenvalue weighted by Crippen LogP contribution is 2.27. The van der Waals surface area contributed by atoms with E-state index in [1.54, 1.807) is 6.26 Å². The molecule has 1 heterocycles. The summed E-state index contributed by atoms with van der Waals surface area (Å²) < 4.78 is 5.50. The Kier molecular flexibility index (Phi) is 4.43. The summed E-state index contributed by atoms with van der Waals surface area (Å²) in [6, 6.07) is 6.40. The molecular formula is C17H23N3O. The average Bonchev–Trinajstić information content (AvgIpc) is 2.54. The number of ether oxygens (including phenoxy) is 1. The smallest absolute Gasteiger partial charge is 0.193 e. The van der Waals surface area contributed by atoms with Gasteiger partial charge in [0.25, 0.3) is 0 Å². The van der Waals surface area contributed by atoms with Gasteiger partial charge in [-0.25, -0.2) is 4.99 Å². The van der Waals surface area contributed by atoms with Gasteiger partial charge in [-0.2, -0.15) is 0 Å². The number of aryl methyl sites for hydroxylation is 1. The molecule has 0 saturated carbocycles. The Hall–Kier alpha value is -1.97. The number of nitrogens with zero attached hydrogens (tertiary/aromatic N) is 1. The van der Waals surface area contributed by atoms with Crippen LogP contribution in [0.1, 0.15) is 36.8 Å². The summed E-state index contributed by atoms with van der Waals surface area (Å²) in [4.78, 5) is 4.42. The Bertz CT molecular complexity index is 551. The number of hydrogen-bond acceptors (Lipinski definition) is 2. The number of nitrogens with one attached hydrogen (secondary N) is 1. The fourth-order valence-corrected chi connectivity index (χ4v) is 3.00. The number of hydrogen-bond donors (Lipinski definition) is 2. The first-order valence-corrected chi connectivity index (χ1v) is 7.81. The minimum absolute atomic E-state index is 0.153. The SMILES string of the molecule is NC(=NCC1CCC=CO1)Nc1cccc2c1CCCC2. The lowest BCUT2D eigenvalue weighted by atomic mass is 9.90. The van der Waals surface area contributed by atoms with Crippen LogP contribution in [0.25, 0.3) is 0 Å². The van der Waals surface area contributed by atoms with Crippen LogP contribution in [-0.2, 0) is 17.6 Å². The van der Waals surface area contributed by atoms with E-state index >= 15 is 0 Å². The third-order valence-corrected chi connectivity index (χ3v) is 4.15. The van der Waals surface area contributed by atoms with Crippen LogP contribution >= 0.6 is 0 Å². The Morgan fingerprint density at radius 2 is 2.24 bits per heavy atom. The maximum Gasteiger partial charge on any atom is 0.193 e. The molecule has 1 aromatic carbocycles. The van der Waals surface area contributed by atoms with Gasteiger partial charge < -0.3 is 15.8 Å². The summed E-state index contributed by atoms with van der Waals surface area (Å²) in [5, 5.41) is 3.26. The van der Waals surface area contributed by atoms with E-state index in [9.17, 15) is 0 Å². The first-order chi connectivity index (χ1) is 10.3. The van der Waals surface area contributed by atoms with Crippen molar-refractivity contribution in [3.8, 4) is 0 Å². The second kappa shape index (κ2) is 6.66. The van der Waals surface area contributed by atoms with Crippen molar-refractivity contribution in [3.63, 3.8) is 0 Å². The van der Waals surface area contributed by atoms with Crippen molar-refractivity contribution in [1.29, 1.82) is 0 Å². The zero-order chi connectivity index (χ0) is 14.5. The van der Waals surface area contributed by atoms with E-state index in [0.29, 0.717) is 12.5 Å². The summed E-state index contributed by atoms with van der Waals surface area (Å²) in [6.07, 6.45) is 10.9. The highest BCUT2D eigenvalue weighted by molar-refractivity contribution is 5.93. The maximum atomic E-state index is 6.02. The molecule has 112 valence electrons. The first-order valence-electron chi connectivity index (χ1n) is 7.81. The zero-order valence-electron chi connectivity index (χ0n) is 12.3. The van der Waals surface area contributed by atoms with Crippen molar-refractivity contribution in [3.05, 3.63) is 41.7 Å². The van der Waals surface area contributed by atoms with Gasteiger partial charge in [-0.1, -0.05) is 12.1 Å². The molecule has 4 nitrogen and oxygen atoms in total. The topological polar surface area (TPSA) is 59.6 Å². The van der Waals surface area contributed by atoms with Crippen LogP contribution in [-0.4, -0.2) is 18.6 Å². The molecule has 1 aliphatic heterocycles. The van der Waals surface area contributed by atoms with Gasteiger partial charge in [0.2, 0.25) is 0 Å². The fourth-order valence-electron chi connectivity index (χ4n) is 3.00. The van der Waals surface area contributed by atoms with Crippen molar-refractivity contribution in [1.82, 2.24) is 0 Å². The molecule has 0 spiro atoms. The van der Waals surface area contributed by atoms with Crippen molar-refractivity contribution in [2.24, 2.45) is 10.7 Å². The standard InChI is InChI=1S/C17H23N3O/c18-17(19-12-14-8-3-4-11-21-14)20-16-10-5-7-13-6-1-2-9-15(13)16/h4-5,7,10-11,14H,1-3,6,8-9,12H2,(H3,18,19,20). The molecule has 0 saturated heterocycles. The minimum Gasteiger partial charge on any atom is -0.496 e. The molecule has 4 heteroatoms. The van der Waals surface area contributed by atoms with Gasteiger partial charge in [0.15, 0.2) is 5.96 Å². The third-order valence-electron chi connectivity index (χ3n) is 4.15. The Balaban J connectivity index is 1.64. The maximum absolute atomic E-state index is 6.02. The molecule has 0 bridgehead atoms. The van der Waals surface area contributed by atoms with Gasteiger partial charge in [-0.05, 0) is 61.8 Å². The molecule has 0 amide bonds. The second-order valence-electron chi connectivity index (χ2n) is 5.71. The molecule has 1 aliphatic carbocycles. The van der Waals surface area contributed by atoms with Crippen molar-refractivity contribution >= 4 is 11.6 Å². The molecule has 21 heavy (non-hydrogen) atoms. The van der Waals surface area contributed by atoms with Gasteiger partial charge in [0, 0.05) is 5.69 Å². The van der Waals surface area contributed by atoms with E-state index in [1.165, 1.54) is 30.4 Å². The van der Waals surface area contributed by atoms with Crippen LogP contribution < -0.4 is 11.1 Å². The Labute approximate surface area is 126 Å². The molecule has 3 N–H and O–H groups in total. The van der Waals surface area contributed by atoms with E-state index in [2.05, 4.69) is 28.5 Å².